The van der Waals surface area contributed by atoms with Gasteiger partial charge in [0.2, 0.25) is 0 Å². The van der Waals surface area contributed by atoms with E-state index < -0.39 is 0 Å². The minimum absolute atomic E-state index is 0.580. The van der Waals surface area contributed by atoms with Gasteiger partial charge in [0.15, 0.2) is 17.5 Å². The summed E-state index contributed by atoms with van der Waals surface area (Å²) in [5.41, 5.74) is 16.2. The van der Waals surface area contributed by atoms with Crippen molar-refractivity contribution in [1.82, 2.24) is 24.5 Å². The van der Waals surface area contributed by atoms with Gasteiger partial charge in [-0.2, -0.15) is 0 Å². The van der Waals surface area contributed by atoms with E-state index in [2.05, 4.69) is 235 Å². The molecule has 3 heterocycles. The molecule has 0 N–H and O–H groups in total. The second-order valence-electron chi connectivity index (χ2n) is 16.6. The largest absolute Gasteiger partial charge is 0.309 e. The van der Waals surface area contributed by atoms with Crippen LogP contribution in [0.5, 0.6) is 0 Å². The number of para-hydroxylation sites is 2. The highest BCUT2D eigenvalue weighted by Gasteiger charge is 2.26. The van der Waals surface area contributed by atoms with Crippen molar-refractivity contribution in [2.45, 2.75) is 0 Å². The Morgan fingerprint density at radius 1 is 0.239 bits per heavy atom. The summed E-state index contributed by atoms with van der Waals surface area (Å²) in [6.45, 7) is 0. The molecule has 0 aliphatic heterocycles. The van der Waals surface area contributed by atoms with Crippen LogP contribution in [0.15, 0.2) is 249 Å². The molecule has 0 bridgehead atoms. The lowest BCUT2D eigenvalue weighted by molar-refractivity contribution is 1.07. The number of hydrogen-bond acceptors (Lipinski definition) is 4. The van der Waals surface area contributed by atoms with Crippen LogP contribution in [-0.2, 0) is 0 Å². The summed E-state index contributed by atoms with van der Waals surface area (Å²) in [5.74, 6) is 1.77. The third-order valence-electron chi connectivity index (χ3n) is 12.4. The average molecular weight is 856 g/mol. The monoisotopic (exact) mass is 855 g/mol. The lowest BCUT2D eigenvalue weighted by Gasteiger charge is -2.23. The summed E-state index contributed by atoms with van der Waals surface area (Å²) in [6, 6.07) is 86.9. The van der Waals surface area contributed by atoms with Crippen LogP contribution in [0.2, 0.25) is 0 Å². The first-order valence-corrected chi connectivity index (χ1v) is 22.6. The quantitative estimate of drug-likeness (QED) is 0.145. The molecular weight excluding hydrogens is 815 g/mol. The van der Waals surface area contributed by atoms with Gasteiger partial charge in [-0.3, -0.25) is 0 Å². The standard InChI is InChI=1S/C62H41N5/c1-6-22-42(23-7-1)56-55(57(43-24-8-2-9-25-43)59(45-28-12-4-13-29-45)63-58(56)44-26-10-3-11-27-44)47-32-20-33-48(40-47)61-64-60(46-30-14-5-15-31-46)65-62(66-61)49-34-21-35-50(41-49)67-53-38-18-16-36-51(53)52-37-17-19-39-54(52)67/h1-41H. The van der Waals surface area contributed by atoms with Crippen molar-refractivity contribution in [2.24, 2.45) is 0 Å². The molecule has 3 aromatic heterocycles. The summed E-state index contributed by atoms with van der Waals surface area (Å²) in [6.07, 6.45) is 0. The second-order valence-corrected chi connectivity index (χ2v) is 16.6. The molecule has 12 aromatic rings. The van der Waals surface area contributed by atoms with E-state index in [4.69, 9.17) is 19.9 Å². The Morgan fingerprint density at radius 3 is 1.09 bits per heavy atom. The van der Waals surface area contributed by atoms with Crippen LogP contribution in [0.1, 0.15) is 0 Å². The van der Waals surface area contributed by atoms with E-state index in [-0.39, 0.29) is 0 Å². The van der Waals surface area contributed by atoms with E-state index in [0.717, 1.165) is 89.3 Å². The molecule has 5 heteroatoms. The van der Waals surface area contributed by atoms with Crippen LogP contribution in [0.4, 0.5) is 0 Å². The van der Waals surface area contributed by atoms with Crippen molar-refractivity contribution in [3.63, 3.8) is 0 Å². The van der Waals surface area contributed by atoms with Gasteiger partial charge in [-0.15, -0.1) is 0 Å². The molecule has 0 aliphatic rings. The minimum Gasteiger partial charge on any atom is -0.309 e. The molecule has 0 saturated heterocycles. The van der Waals surface area contributed by atoms with Gasteiger partial charge in [-0.05, 0) is 47.0 Å². The highest BCUT2D eigenvalue weighted by molar-refractivity contribution is 6.09. The third kappa shape index (κ3) is 7.35. The highest BCUT2D eigenvalue weighted by Crippen LogP contribution is 2.49. The van der Waals surface area contributed by atoms with Gasteiger partial charge in [0, 0.05) is 61.0 Å². The zero-order valence-electron chi connectivity index (χ0n) is 36.4. The molecule has 9 aromatic carbocycles. The van der Waals surface area contributed by atoms with Crippen LogP contribution in [0.25, 0.3) is 118 Å². The summed E-state index contributed by atoms with van der Waals surface area (Å²) >= 11 is 0. The molecule has 0 fully saturated rings. The Bertz CT molecular complexity index is 3560. The van der Waals surface area contributed by atoms with Crippen molar-refractivity contribution in [3.8, 4) is 95.7 Å². The molecule has 0 atom stereocenters. The van der Waals surface area contributed by atoms with E-state index in [1.54, 1.807) is 0 Å². The maximum Gasteiger partial charge on any atom is 0.164 e. The Labute approximate surface area is 389 Å². The molecule has 0 aliphatic carbocycles. The van der Waals surface area contributed by atoms with E-state index in [1.807, 2.05) is 18.2 Å². The summed E-state index contributed by atoms with van der Waals surface area (Å²) in [5, 5.41) is 2.42. The predicted molar refractivity (Wildman–Crippen MR) is 275 cm³/mol. The Morgan fingerprint density at radius 2 is 0.597 bits per heavy atom. The number of hydrogen-bond donors (Lipinski definition) is 0. The first kappa shape index (κ1) is 39.5. The fourth-order valence-corrected chi connectivity index (χ4v) is 9.40. The van der Waals surface area contributed by atoms with E-state index in [1.165, 1.54) is 10.8 Å². The number of rotatable bonds is 9. The summed E-state index contributed by atoms with van der Waals surface area (Å²) in [7, 11) is 0. The normalized spacial score (nSPS) is 11.3. The fourth-order valence-electron chi connectivity index (χ4n) is 9.40. The molecule has 0 spiro atoms. The van der Waals surface area contributed by atoms with Crippen molar-refractivity contribution >= 4 is 21.8 Å². The Hall–Kier alpha value is -9.06. The number of fused-ring (bicyclic) bond motifs is 3. The van der Waals surface area contributed by atoms with E-state index >= 15 is 0 Å². The number of pyridine rings is 1. The van der Waals surface area contributed by atoms with Crippen molar-refractivity contribution < 1.29 is 0 Å². The van der Waals surface area contributed by atoms with Crippen molar-refractivity contribution in [3.05, 3.63) is 249 Å². The molecule has 0 saturated carbocycles. The summed E-state index contributed by atoms with van der Waals surface area (Å²) < 4.78 is 2.33. The van der Waals surface area contributed by atoms with Crippen LogP contribution in [0, 0.1) is 0 Å². The fraction of sp³-hybridized carbons (Fsp3) is 0. The topological polar surface area (TPSA) is 56.5 Å². The maximum absolute atomic E-state index is 5.65. The van der Waals surface area contributed by atoms with Crippen LogP contribution in [-0.4, -0.2) is 24.5 Å². The molecule has 67 heavy (non-hydrogen) atoms. The number of nitrogens with zero attached hydrogens (tertiary/aromatic N) is 5. The minimum atomic E-state index is 0.580. The van der Waals surface area contributed by atoms with Crippen molar-refractivity contribution in [1.29, 1.82) is 0 Å². The van der Waals surface area contributed by atoms with Gasteiger partial charge in [-0.1, -0.05) is 218 Å². The van der Waals surface area contributed by atoms with Gasteiger partial charge < -0.3 is 4.57 Å². The van der Waals surface area contributed by atoms with E-state index in [0.29, 0.717) is 17.5 Å². The molecule has 12 rings (SSSR count). The van der Waals surface area contributed by atoms with Crippen molar-refractivity contribution in [2.75, 3.05) is 0 Å². The third-order valence-corrected chi connectivity index (χ3v) is 12.4. The predicted octanol–water partition coefficient (Wildman–Crippen LogP) is 15.7. The maximum atomic E-state index is 5.65. The van der Waals surface area contributed by atoms with Gasteiger partial charge in [0.25, 0.3) is 0 Å². The van der Waals surface area contributed by atoms with Gasteiger partial charge in [0.05, 0.1) is 22.4 Å². The van der Waals surface area contributed by atoms with E-state index in [9.17, 15) is 0 Å². The average Bonchev–Trinajstić information content (AvgIpc) is 3.76. The first-order chi connectivity index (χ1) is 33.2. The zero-order valence-corrected chi connectivity index (χ0v) is 36.4. The Balaban J connectivity index is 1.10. The zero-order chi connectivity index (χ0) is 44.5. The lowest BCUT2D eigenvalue weighted by atomic mass is 9.83. The van der Waals surface area contributed by atoms with Gasteiger partial charge in [-0.25, -0.2) is 19.9 Å². The Kier molecular flexibility index (Phi) is 10.1. The first-order valence-electron chi connectivity index (χ1n) is 22.6. The van der Waals surface area contributed by atoms with Crippen LogP contribution in [0.3, 0.4) is 0 Å². The van der Waals surface area contributed by atoms with Gasteiger partial charge >= 0.3 is 0 Å². The summed E-state index contributed by atoms with van der Waals surface area (Å²) in [4.78, 5) is 21.4. The molecule has 0 unspecified atom stereocenters. The van der Waals surface area contributed by atoms with Crippen LogP contribution >= 0.6 is 0 Å². The molecule has 0 radical (unpaired) electrons. The van der Waals surface area contributed by atoms with Crippen LogP contribution < -0.4 is 0 Å². The second kappa shape index (κ2) is 17.1. The molecule has 0 amide bonds. The number of benzene rings is 9. The van der Waals surface area contributed by atoms with Gasteiger partial charge in [0.1, 0.15) is 0 Å². The smallest absolute Gasteiger partial charge is 0.164 e. The molecular formula is C62H41N5. The SMILES string of the molecule is c1ccc(-c2nc(-c3cccc(-c4c(-c5ccccc5)c(-c5ccccc5)nc(-c5ccccc5)c4-c4ccccc4)c3)nc(-c3cccc(-n4c5ccccc5c5ccccc54)c3)n2)cc1. The number of aromatic nitrogens is 5. The molecule has 314 valence electrons. The lowest BCUT2D eigenvalue weighted by Crippen LogP contribution is -2.02. The highest BCUT2D eigenvalue weighted by atomic mass is 15.0. The molecule has 5 nitrogen and oxygen atoms in total.